The quantitative estimate of drug-likeness (QED) is 0.474. The van der Waals surface area contributed by atoms with Gasteiger partial charge < -0.3 is 14.2 Å². The molecule has 0 N–H and O–H groups in total. The van der Waals surface area contributed by atoms with Crippen LogP contribution in [0.15, 0.2) is 75.7 Å². The fourth-order valence-corrected chi connectivity index (χ4v) is 4.95. The van der Waals surface area contributed by atoms with E-state index in [2.05, 4.69) is 4.99 Å². The zero-order chi connectivity index (χ0) is 24.9. The smallest absolute Gasteiger partial charge is 0.338 e. The average molecular weight is 491 g/mol. The SMILES string of the molecule is CCOC(=O)C1=C(C)N=c2s/c(=C/C=C/c3ccccc3)c(=O)n2[C@H]1c1ccc(OC)cc1OC. The molecule has 180 valence electrons. The molecule has 4 rings (SSSR count). The number of methoxy groups -OCH3 is 2. The summed E-state index contributed by atoms with van der Waals surface area (Å²) in [6.45, 7) is 3.70. The Bertz CT molecular complexity index is 1480. The minimum absolute atomic E-state index is 0.205. The maximum absolute atomic E-state index is 13.6. The fraction of sp³-hybridized carbons (Fsp3) is 0.222. The minimum Gasteiger partial charge on any atom is -0.497 e. The molecular formula is C27H26N2O5S. The van der Waals surface area contributed by atoms with Crippen molar-refractivity contribution in [3.63, 3.8) is 0 Å². The Morgan fingerprint density at radius 3 is 2.60 bits per heavy atom. The van der Waals surface area contributed by atoms with Crippen molar-refractivity contribution < 1.29 is 19.0 Å². The number of carbonyl (C=O) groups excluding carboxylic acids is 1. The number of nitrogens with zero attached hydrogens (tertiary/aromatic N) is 2. The summed E-state index contributed by atoms with van der Waals surface area (Å²) in [4.78, 5) is 31.7. The summed E-state index contributed by atoms with van der Waals surface area (Å²) in [5.74, 6) is 0.571. The number of hydrogen-bond acceptors (Lipinski definition) is 7. The molecule has 3 aromatic rings. The highest BCUT2D eigenvalue weighted by Gasteiger charge is 2.35. The van der Waals surface area contributed by atoms with Crippen molar-refractivity contribution in [2.45, 2.75) is 19.9 Å². The van der Waals surface area contributed by atoms with Gasteiger partial charge in [0.25, 0.3) is 5.56 Å². The highest BCUT2D eigenvalue weighted by atomic mass is 32.1. The number of aromatic nitrogens is 1. The van der Waals surface area contributed by atoms with Crippen LogP contribution in [0.3, 0.4) is 0 Å². The summed E-state index contributed by atoms with van der Waals surface area (Å²) in [5.41, 5.74) is 2.22. The number of hydrogen-bond donors (Lipinski definition) is 0. The van der Waals surface area contributed by atoms with Crippen LogP contribution < -0.4 is 24.4 Å². The Hall–Kier alpha value is -3.91. The molecule has 0 fully saturated rings. The van der Waals surface area contributed by atoms with Crippen LogP contribution in [-0.4, -0.2) is 31.4 Å². The van der Waals surface area contributed by atoms with E-state index in [1.165, 1.54) is 23.0 Å². The third-order valence-corrected chi connectivity index (χ3v) is 6.59. The van der Waals surface area contributed by atoms with Gasteiger partial charge in [0, 0.05) is 11.6 Å². The highest BCUT2D eigenvalue weighted by Crippen LogP contribution is 2.37. The van der Waals surface area contributed by atoms with Gasteiger partial charge in [0.1, 0.15) is 17.5 Å². The molecule has 8 heteroatoms. The minimum atomic E-state index is -0.758. The van der Waals surface area contributed by atoms with Crippen molar-refractivity contribution in [1.82, 2.24) is 4.57 Å². The first kappa shape index (κ1) is 24.2. The summed E-state index contributed by atoms with van der Waals surface area (Å²) in [6, 6.07) is 14.4. The Kier molecular flexibility index (Phi) is 7.31. The highest BCUT2D eigenvalue weighted by molar-refractivity contribution is 7.07. The van der Waals surface area contributed by atoms with E-state index >= 15 is 0 Å². The molecule has 0 spiro atoms. The predicted molar refractivity (Wildman–Crippen MR) is 136 cm³/mol. The van der Waals surface area contributed by atoms with E-state index in [9.17, 15) is 9.59 Å². The third-order valence-electron chi connectivity index (χ3n) is 5.59. The molecule has 2 heterocycles. The molecule has 0 saturated heterocycles. The zero-order valence-corrected chi connectivity index (χ0v) is 20.8. The van der Waals surface area contributed by atoms with E-state index in [4.69, 9.17) is 14.2 Å². The zero-order valence-electron chi connectivity index (χ0n) is 20.0. The van der Waals surface area contributed by atoms with E-state index in [1.54, 1.807) is 45.2 Å². The summed E-state index contributed by atoms with van der Waals surface area (Å²) in [7, 11) is 3.10. The number of fused-ring (bicyclic) bond motifs is 1. The maximum Gasteiger partial charge on any atom is 0.338 e. The first-order valence-electron chi connectivity index (χ1n) is 11.1. The fourth-order valence-electron chi connectivity index (χ4n) is 3.95. The van der Waals surface area contributed by atoms with Crippen LogP contribution in [0.2, 0.25) is 0 Å². The summed E-state index contributed by atoms with van der Waals surface area (Å²) < 4.78 is 18.3. The molecule has 0 aliphatic carbocycles. The Morgan fingerprint density at radius 2 is 1.91 bits per heavy atom. The van der Waals surface area contributed by atoms with Gasteiger partial charge in [0.2, 0.25) is 0 Å². The van der Waals surface area contributed by atoms with Gasteiger partial charge in [-0.3, -0.25) is 9.36 Å². The van der Waals surface area contributed by atoms with Gasteiger partial charge in [-0.1, -0.05) is 53.8 Å². The third kappa shape index (κ3) is 4.83. The normalized spacial score (nSPS) is 15.7. The van der Waals surface area contributed by atoms with Gasteiger partial charge in [-0.15, -0.1) is 0 Å². The lowest BCUT2D eigenvalue weighted by atomic mass is 9.95. The second kappa shape index (κ2) is 10.6. The van der Waals surface area contributed by atoms with Crippen molar-refractivity contribution in [2.75, 3.05) is 20.8 Å². The predicted octanol–water partition coefficient (Wildman–Crippen LogP) is 3.48. The van der Waals surface area contributed by atoms with Gasteiger partial charge >= 0.3 is 5.97 Å². The number of carbonyl (C=O) groups is 1. The molecule has 0 unspecified atom stereocenters. The van der Waals surface area contributed by atoms with Gasteiger partial charge in [-0.25, -0.2) is 9.79 Å². The van der Waals surface area contributed by atoms with Crippen LogP contribution in [-0.2, 0) is 9.53 Å². The van der Waals surface area contributed by atoms with Crippen LogP contribution in [0.1, 0.15) is 31.0 Å². The first-order valence-corrected chi connectivity index (χ1v) is 11.9. The summed E-state index contributed by atoms with van der Waals surface area (Å²) in [5, 5.41) is 0. The molecule has 2 aromatic carbocycles. The van der Waals surface area contributed by atoms with Crippen LogP contribution in [0.4, 0.5) is 0 Å². The monoisotopic (exact) mass is 490 g/mol. The van der Waals surface area contributed by atoms with Crippen molar-refractivity contribution >= 4 is 29.5 Å². The van der Waals surface area contributed by atoms with E-state index < -0.39 is 12.0 Å². The molecule has 0 saturated carbocycles. The summed E-state index contributed by atoms with van der Waals surface area (Å²) in [6.07, 6.45) is 5.53. The first-order chi connectivity index (χ1) is 17.0. The largest absolute Gasteiger partial charge is 0.497 e. The van der Waals surface area contributed by atoms with E-state index in [1.807, 2.05) is 42.5 Å². The standard InChI is InChI=1S/C27H26N2O5S/c1-5-34-26(31)23-17(2)28-27-29(24(23)20-15-14-19(32-3)16-21(20)33-4)25(30)22(35-27)13-9-12-18-10-7-6-8-11-18/h6-16,24H,5H2,1-4H3/b12-9+,22-13+/t24-/m0/s1. The Morgan fingerprint density at radius 1 is 1.14 bits per heavy atom. The second-order valence-electron chi connectivity index (χ2n) is 7.70. The lowest BCUT2D eigenvalue weighted by Gasteiger charge is -2.26. The molecule has 0 bridgehead atoms. The molecule has 0 amide bonds. The van der Waals surface area contributed by atoms with Crippen LogP contribution in [0, 0.1) is 0 Å². The van der Waals surface area contributed by atoms with Gasteiger partial charge in [0.15, 0.2) is 4.80 Å². The Labute approximate surface area is 206 Å². The van der Waals surface area contributed by atoms with Gasteiger partial charge in [-0.2, -0.15) is 0 Å². The number of benzene rings is 2. The molecule has 7 nitrogen and oxygen atoms in total. The number of esters is 1. The lowest BCUT2D eigenvalue weighted by molar-refractivity contribution is -0.139. The van der Waals surface area contributed by atoms with Gasteiger partial charge in [0.05, 0.1) is 36.6 Å². The number of thiazole rings is 1. The van der Waals surface area contributed by atoms with E-state index in [0.717, 1.165) is 5.56 Å². The molecule has 0 radical (unpaired) electrons. The Balaban J connectivity index is 1.91. The summed E-state index contributed by atoms with van der Waals surface area (Å²) >= 11 is 1.27. The van der Waals surface area contributed by atoms with Crippen molar-refractivity contribution in [3.05, 3.63) is 96.7 Å². The van der Waals surface area contributed by atoms with Crippen LogP contribution in [0.25, 0.3) is 12.2 Å². The van der Waals surface area contributed by atoms with Crippen LogP contribution >= 0.6 is 11.3 Å². The average Bonchev–Trinajstić information content (AvgIpc) is 3.18. The van der Waals surface area contributed by atoms with Crippen molar-refractivity contribution in [2.24, 2.45) is 4.99 Å². The molecule has 1 aliphatic rings. The van der Waals surface area contributed by atoms with Crippen molar-refractivity contribution in [1.29, 1.82) is 0 Å². The molecule has 35 heavy (non-hydrogen) atoms. The van der Waals surface area contributed by atoms with E-state index in [-0.39, 0.29) is 12.2 Å². The van der Waals surface area contributed by atoms with Crippen molar-refractivity contribution in [3.8, 4) is 11.5 Å². The second-order valence-corrected chi connectivity index (χ2v) is 8.71. The maximum atomic E-state index is 13.6. The van der Waals surface area contributed by atoms with Crippen LogP contribution in [0.5, 0.6) is 11.5 Å². The number of ether oxygens (including phenoxy) is 3. The lowest BCUT2D eigenvalue weighted by Crippen LogP contribution is -2.40. The van der Waals surface area contributed by atoms with E-state index in [0.29, 0.717) is 37.7 Å². The molecule has 1 aromatic heterocycles. The molecule has 1 atom stereocenters. The van der Waals surface area contributed by atoms with Gasteiger partial charge in [-0.05, 0) is 37.6 Å². The topological polar surface area (TPSA) is 79.1 Å². The number of rotatable bonds is 7. The molecule has 1 aliphatic heterocycles. The number of allylic oxidation sites excluding steroid dienone is 2. The molecular weight excluding hydrogens is 464 g/mol.